The number of rotatable bonds is 5. The quantitative estimate of drug-likeness (QED) is 0.384. The van der Waals surface area contributed by atoms with Crippen molar-refractivity contribution in [1.29, 1.82) is 0 Å². The lowest BCUT2D eigenvalue weighted by Crippen LogP contribution is -2.48. The van der Waals surface area contributed by atoms with Gasteiger partial charge in [0, 0.05) is 5.02 Å². The molecule has 6 N–H and O–H groups in total. The number of hydrogen-bond donors (Lipinski definition) is 6. The number of aldehydes is 1. The predicted octanol–water partition coefficient (Wildman–Crippen LogP) is -0.624. The number of aromatic hydroxyl groups is 1. The van der Waals surface area contributed by atoms with Gasteiger partial charge in [0.15, 0.2) is 12.4 Å². The molecule has 0 bridgehead atoms. The van der Waals surface area contributed by atoms with Crippen molar-refractivity contribution in [1.82, 2.24) is 0 Å². The van der Waals surface area contributed by atoms with Gasteiger partial charge in [-0.15, -0.1) is 0 Å². The average Bonchev–Trinajstić information content (AvgIpc) is 2.49. The van der Waals surface area contributed by atoms with Crippen molar-refractivity contribution in [3.63, 3.8) is 0 Å². The van der Waals surface area contributed by atoms with Gasteiger partial charge in [-0.3, -0.25) is 0 Å². The van der Waals surface area contributed by atoms with E-state index >= 15 is 0 Å². The number of phenols is 1. The molecule has 0 aliphatic carbocycles. The molecule has 0 aliphatic rings. The van der Waals surface area contributed by atoms with Crippen LogP contribution in [0.4, 0.5) is 0 Å². The smallest absolute Gasteiger partial charge is 0.335 e. The van der Waals surface area contributed by atoms with E-state index in [0.717, 1.165) is 16.1 Å². The number of carboxylic acid groups (broad SMARTS) is 1. The Morgan fingerprint density at radius 2 is 1.52 bits per heavy atom. The van der Waals surface area contributed by atoms with Gasteiger partial charge in [-0.05, 0) is 37.1 Å². The summed E-state index contributed by atoms with van der Waals surface area (Å²) in [7, 11) is 0. The van der Waals surface area contributed by atoms with Crippen molar-refractivity contribution in [3.05, 3.63) is 28.3 Å². The Kier molecular flexibility index (Phi) is 8.73. The van der Waals surface area contributed by atoms with E-state index in [2.05, 4.69) is 0 Å². The summed E-state index contributed by atoms with van der Waals surface area (Å²) >= 11 is 5.84. The molecule has 0 aliphatic heterocycles. The number of carbonyl (C=O) groups excluding carboxylic acids is 1. The van der Waals surface area contributed by atoms with E-state index in [-0.39, 0.29) is 12.0 Å². The van der Waals surface area contributed by atoms with Crippen LogP contribution in [0.3, 0.4) is 0 Å². The first-order chi connectivity index (χ1) is 10.5. The van der Waals surface area contributed by atoms with E-state index in [4.69, 9.17) is 42.2 Å². The Balaban J connectivity index is 0.000000433. The largest absolute Gasteiger partial charge is 0.508 e. The Morgan fingerprint density at radius 3 is 1.87 bits per heavy atom. The van der Waals surface area contributed by atoms with Crippen LogP contribution in [-0.4, -0.2) is 67.3 Å². The van der Waals surface area contributed by atoms with Gasteiger partial charge in [0.05, 0.1) is 0 Å². The third-order valence-electron chi connectivity index (χ3n) is 2.84. The van der Waals surface area contributed by atoms with Gasteiger partial charge in [-0.1, -0.05) is 11.6 Å². The average molecular weight is 351 g/mol. The Bertz CT molecular complexity index is 525. The van der Waals surface area contributed by atoms with Gasteiger partial charge in [-0.25, -0.2) is 4.79 Å². The number of hydrogen-bond acceptors (Lipinski definition) is 7. The minimum Gasteiger partial charge on any atom is -0.508 e. The fourth-order valence-electron chi connectivity index (χ4n) is 1.54. The van der Waals surface area contributed by atoms with E-state index in [0.29, 0.717) is 0 Å². The molecule has 1 aromatic carbocycles. The standard InChI is InChI=1S/C8H9ClO.C6H10O7/c1-5-3-7(10)4-6(2)8(5)9;7-1-2(8)3(9)4(10)5(11)6(12)13/h3-4,10H,1-2H3;1-5,8-11H,(H,12,13)/t;2-,3+,4-,5-/m.0/s1. The van der Waals surface area contributed by atoms with E-state index in [1.54, 1.807) is 12.1 Å². The van der Waals surface area contributed by atoms with E-state index < -0.39 is 30.4 Å². The molecule has 9 heteroatoms. The first-order valence-electron chi connectivity index (χ1n) is 6.39. The molecule has 4 atom stereocenters. The summed E-state index contributed by atoms with van der Waals surface area (Å²) < 4.78 is 0. The summed E-state index contributed by atoms with van der Waals surface area (Å²) in [6, 6.07) is 3.30. The lowest BCUT2D eigenvalue weighted by atomic mass is 10.0. The van der Waals surface area contributed by atoms with Crippen LogP contribution in [0.5, 0.6) is 5.75 Å². The molecule has 0 saturated carbocycles. The van der Waals surface area contributed by atoms with Gasteiger partial charge in [0.1, 0.15) is 24.1 Å². The van der Waals surface area contributed by atoms with Crippen molar-refractivity contribution >= 4 is 23.9 Å². The second-order valence-corrected chi connectivity index (χ2v) is 5.16. The van der Waals surface area contributed by atoms with Gasteiger partial charge < -0.3 is 35.4 Å². The summed E-state index contributed by atoms with van der Waals surface area (Å²) in [6.45, 7) is 3.74. The molecule has 23 heavy (non-hydrogen) atoms. The topological polar surface area (TPSA) is 156 Å². The molecule has 0 spiro atoms. The van der Waals surface area contributed by atoms with Crippen LogP contribution in [0.2, 0.25) is 5.02 Å². The SMILES string of the molecule is Cc1cc(O)cc(C)c1Cl.O=C[C@H](O)[C@@H](O)[C@H](O)[C@H](O)C(=O)O. The van der Waals surface area contributed by atoms with Crippen molar-refractivity contribution in [3.8, 4) is 5.75 Å². The number of carboxylic acids is 1. The molecule has 1 aromatic rings. The number of carbonyl (C=O) groups is 2. The van der Waals surface area contributed by atoms with Crippen molar-refractivity contribution < 1.29 is 40.2 Å². The summed E-state index contributed by atoms with van der Waals surface area (Å²) in [6.07, 6.45) is -8.39. The third-order valence-corrected chi connectivity index (χ3v) is 3.43. The predicted molar refractivity (Wildman–Crippen MR) is 80.3 cm³/mol. The second kappa shape index (κ2) is 9.43. The van der Waals surface area contributed by atoms with Gasteiger partial charge in [-0.2, -0.15) is 0 Å². The third kappa shape index (κ3) is 6.51. The number of aliphatic hydroxyl groups excluding tert-OH is 4. The molecule has 8 nitrogen and oxygen atoms in total. The number of aliphatic carboxylic acids is 1. The molecule has 0 radical (unpaired) electrons. The minimum absolute atomic E-state index is 0.0809. The van der Waals surface area contributed by atoms with Crippen LogP contribution >= 0.6 is 11.6 Å². The maximum atomic E-state index is 10.1. The number of phenolic OH excluding ortho intramolecular Hbond substituents is 1. The van der Waals surface area contributed by atoms with E-state index in [1.807, 2.05) is 13.8 Å². The monoisotopic (exact) mass is 350 g/mol. The zero-order valence-electron chi connectivity index (χ0n) is 12.4. The van der Waals surface area contributed by atoms with Gasteiger partial charge in [0.25, 0.3) is 0 Å². The van der Waals surface area contributed by atoms with Crippen LogP contribution in [-0.2, 0) is 9.59 Å². The molecule has 0 heterocycles. The number of aryl methyl sites for hydroxylation is 2. The Morgan fingerprint density at radius 1 is 1.09 bits per heavy atom. The van der Waals surface area contributed by atoms with Crippen LogP contribution < -0.4 is 0 Å². The van der Waals surface area contributed by atoms with Crippen LogP contribution in [0.15, 0.2) is 12.1 Å². The van der Waals surface area contributed by atoms with Crippen LogP contribution in [0.25, 0.3) is 0 Å². The highest BCUT2D eigenvalue weighted by Gasteiger charge is 2.33. The molecule has 1 rings (SSSR count). The molecular weight excluding hydrogens is 332 g/mol. The first kappa shape index (κ1) is 21.3. The maximum absolute atomic E-state index is 10.1. The van der Waals surface area contributed by atoms with Crippen molar-refractivity contribution in [2.75, 3.05) is 0 Å². The number of aliphatic hydroxyl groups is 4. The maximum Gasteiger partial charge on any atom is 0.335 e. The van der Waals surface area contributed by atoms with Gasteiger partial charge >= 0.3 is 5.97 Å². The minimum atomic E-state index is -2.25. The van der Waals surface area contributed by atoms with E-state index in [9.17, 15) is 9.59 Å². The zero-order valence-corrected chi connectivity index (χ0v) is 13.2. The van der Waals surface area contributed by atoms with Gasteiger partial charge in [0.2, 0.25) is 0 Å². The molecule has 0 aromatic heterocycles. The first-order valence-corrected chi connectivity index (χ1v) is 6.76. The fourth-order valence-corrected chi connectivity index (χ4v) is 1.65. The van der Waals surface area contributed by atoms with Crippen molar-refractivity contribution in [2.24, 2.45) is 0 Å². The van der Waals surface area contributed by atoms with Crippen molar-refractivity contribution in [2.45, 2.75) is 38.3 Å². The molecule has 0 amide bonds. The summed E-state index contributed by atoms with van der Waals surface area (Å²) in [4.78, 5) is 20.0. The lowest BCUT2D eigenvalue weighted by molar-refractivity contribution is -0.163. The number of halogens is 1. The molecule has 130 valence electrons. The normalized spacial score (nSPS) is 15.6. The highest BCUT2D eigenvalue weighted by molar-refractivity contribution is 6.32. The highest BCUT2D eigenvalue weighted by atomic mass is 35.5. The highest BCUT2D eigenvalue weighted by Crippen LogP contribution is 2.24. The number of benzene rings is 1. The molecule has 0 saturated heterocycles. The van der Waals surface area contributed by atoms with E-state index in [1.165, 1.54) is 0 Å². The lowest BCUT2D eigenvalue weighted by Gasteiger charge is -2.21. The fraction of sp³-hybridized carbons (Fsp3) is 0.429. The molecule has 0 fully saturated rings. The summed E-state index contributed by atoms with van der Waals surface area (Å²) in [5.74, 6) is -1.48. The van der Waals surface area contributed by atoms with Crippen LogP contribution in [0.1, 0.15) is 11.1 Å². The Hall–Kier alpha value is -1.71. The summed E-state index contributed by atoms with van der Waals surface area (Å²) in [5.41, 5.74) is 1.83. The van der Waals surface area contributed by atoms with Crippen LogP contribution in [0, 0.1) is 13.8 Å². The molecule has 0 unspecified atom stereocenters. The molecular formula is C14H19ClO8. The Labute approximate surface area is 137 Å². The zero-order chi connectivity index (χ0) is 18.3. The summed E-state index contributed by atoms with van der Waals surface area (Å²) in [5, 5.41) is 53.0. The second-order valence-electron chi connectivity index (χ2n) is 4.78.